The highest BCUT2D eigenvalue weighted by Gasteiger charge is 2.29. The number of nitrogens with one attached hydrogen (secondary N) is 1. The molecule has 2 aromatic rings. The van der Waals surface area contributed by atoms with Gasteiger partial charge in [-0.25, -0.2) is 0 Å². The number of fused-ring (bicyclic) bond motifs is 1. The summed E-state index contributed by atoms with van der Waals surface area (Å²) in [5.41, 5.74) is 5.43. The van der Waals surface area contributed by atoms with Gasteiger partial charge in [-0.15, -0.1) is 0 Å². The van der Waals surface area contributed by atoms with Crippen LogP contribution in [-0.4, -0.2) is 10.2 Å². The molecule has 3 heteroatoms. The van der Waals surface area contributed by atoms with Crippen molar-refractivity contribution in [2.45, 2.75) is 33.1 Å². The number of aryl methyl sites for hydroxylation is 1. The van der Waals surface area contributed by atoms with Gasteiger partial charge >= 0.3 is 0 Å². The Bertz CT molecular complexity index is 584. The highest BCUT2D eigenvalue weighted by atomic mass is 79.9. The molecule has 1 heterocycles. The number of nitrogens with zero attached hydrogens (tertiary/aromatic N) is 1. The molecule has 1 aliphatic rings. The van der Waals surface area contributed by atoms with E-state index in [2.05, 4.69) is 58.2 Å². The molecule has 0 saturated carbocycles. The summed E-state index contributed by atoms with van der Waals surface area (Å²) < 4.78 is 1.10. The van der Waals surface area contributed by atoms with Crippen LogP contribution in [0.5, 0.6) is 0 Å². The molecule has 1 aliphatic carbocycles. The fourth-order valence-corrected chi connectivity index (χ4v) is 3.10. The molecular formula is C15H17BrN2. The van der Waals surface area contributed by atoms with Gasteiger partial charge in [0.05, 0.1) is 5.69 Å². The number of H-pyrrole nitrogens is 1. The van der Waals surface area contributed by atoms with Crippen molar-refractivity contribution in [1.82, 2.24) is 10.2 Å². The predicted molar refractivity (Wildman–Crippen MR) is 77.5 cm³/mol. The summed E-state index contributed by atoms with van der Waals surface area (Å²) in [7, 11) is 0. The first-order valence-electron chi connectivity index (χ1n) is 6.37. The minimum Gasteiger partial charge on any atom is -0.282 e. The van der Waals surface area contributed by atoms with E-state index in [0.29, 0.717) is 5.41 Å². The maximum Gasteiger partial charge on any atom is 0.0956 e. The summed E-state index contributed by atoms with van der Waals surface area (Å²) in [5.74, 6) is 0. The Morgan fingerprint density at radius 2 is 2.17 bits per heavy atom. The summed E-state index contributed by atoms with van der Waals surface area (Å²) in [6, 6.07) is 8.38. The molecule has 1 aromatic carbocycles. The maximum atomic E-state index is 4.53. The van der Waals surface area contributed by atoms with E-state index in [1.165, 1.54) is 23.2 Å². The summed E-state index contributed by atoms with van der Waals surface area (Å²) >= 11 is 3.53. The average Bonchev–Trinajstić information content (AvgIpc) is 2.70. The molecule has 0 radical (unpaired) electrons. The van der Waals surface area contributed by atoms with Crippen molar-refractivity contribution in [3.63, 3.8) is 0 Å². The van der Waals surface area contributed by atoms with Gasteiger partial charge in [0.15, 0.2) is 0 Å². The van der Waals surface area contributed by atoms with E-state index in [1.54, 1.807) is 0 Å². The van der Waals surface area contributed by atoms with Crippen molar-refractivity contribution >= 4 is 15.9 Å². The molecule has 0 unspecified atom stereocenters. The van der Waals surface area contributed by atoms with Crippen LogP contribution in [0.1, 0.15) is 31.5 Å². The lowest BCUT2D eigenvalue weighted by Crippen LogP contribution is -2.21. The second-order valence-electron chi connectivity index (χ2n) is 5.88. The van der Waals surface area contributed by atoms with E-state index in [4.69, 9.17) is 0 Å². The van der Waals surface area contributed by atoms with Crippen molar-refractivity contribution in [2.24, 2.45) is 5.41 Å². The monoisotopic (exact) mass is 304 g/mol. The highest BCUT2D eigenvalue weighted by Crippen LogP contribution is 2.38. The zero-order valence-electron chi connectivity index (χ0n) is 10.8. The smallest absolute Gasteiger partial charge is 0.0956 e. The normalized spacial score (nSPS) is 17.5. The van der Waals surface area contributed by atoms with Crippen LogP contribution in [0.2, 0.25) is 0 Å². The zero-order valence-corrected chi connectivity index (χ0v) is 12.3. The van der Waals surface area contributed by atoms with Gasteiger partial charge in [-0.05, 0) is 36.8 Å². The van der Waals surface area contributed by atoms with Gasteiger partial charge in [-0.1, -0.05) is 41.9 Å². The molecular weight excluding hydrogens is 288 g/mol. The molecule has 0 aliphatic heterocycles. The summed E-state index contributed by atoms with van der Waals surface area (Å²) in [6.07, 6.45) is 3.46. The number of benzene rings is 1. The summed E-state index contributed by atoms with van der Waals surface area (Å²) in [4.78, 5) is 0. The van der Waals surface area contributed by atoms with Crippen LogP contribution in [0.4, 0.5) is 0 Å². The summed E-state index contributed by atoms with van der Waals surface area (Å²) in [6.45, 7) is 4.68. The molecule has 94 valence electrons. The van der Waals surface area contributed by atoms with Crippen LogP contribution < -0.4 is 0 Å². The third-order valence-corrected chi connectivity index (χ3v) is 4.25. The van der Waals surface area contributed by atoms with Gasteiger partial charge in [0, 0.05) is 21.3 Å². The van der Waals surface area contributed by atoms with E-state index in [0.717, 1.165) is 23.0 Å². The van der Waals surface area contributed by atoms with Gasteiger partial charge < -0.3 is 0 Å². The minimum absolute atomic E-state index is 0.387. The largest absolute Gasteiger partial charge is 0.282 e. The third-order valence-electron chi connectivity index (χ3n) is 3.76. The number of halogens is 1. The Morgan fingerprint density at radius 1 is 1.33 bits per heavy atom. The Labute approximate surface area is 116 Å². The van der Waals surface area contributed by atoms with Crippen molar-refractivity contribution in [3.8, 4) is 11.3 Å². The van der Waals surface area contributed by atoms with Crippen molar-refractivity contribution in [3.05, 3.63) is 40.0 Å². The Hall–Kier alpha value is -1.09. The maximum absolute atomic E-state index is 4.53. The van der Waals surface area contributed by atoms with Gasteiger partial charge in [-0.3, -0.25) is 5.10 Å². The van der Waals surface area contributed by atoms with Crippen molar-refractivity contribution in [1.29, 1.82) is 0 Å². The molecule has 0 bridgehead atoms. The molecule has 2 nitrogen and oxygen atoms in total. The lowest BCUT2D eigenvalue weighted by atomic mass is 9.75. The molecule has 18 heavy (non-hydrogen) atoms. The molecule has 1 aromatic heterocycles. The molecule has 0 saturated heterocycles. The van der Waals surface area contributed by atoms with Crippen LogP contribution in [0, 0.1) is 5.41 Å². The molecule has 3 rings (SSSR count). The van der Waals surface area contributed by atoms with Gasteiger partial charge in [0.25, 0.3) is 0 Å². The highest BCUT2D eigenvalue weighted by molar-refractivity contribution is 9.10. The first-order chi connectivity index (χ1) is 8.55. The van der Waals surface area contributed by atoms with Gasteiger partial charge in [0.1, 0.15) is 0 Å². The number of hydrogen-bond acceptors (Lipinski definition) is 1. The topological polar surface area (TPSA) is 28.7 Å². The fourth-order valence-electron chi connectivity index (χ4n) is 2.70. The molecule has 0 fully saturated rings. The van der Waals surface area contributed by atoms with Crippen molar-refractivity contribution in [2.75, 3.05) is 0 Å². The molecule has 0 amide bonds. The predicted octanol–water partition coefficient (Wildman–Crippen LogP) is 4.35. The van der Waals surface area contributed by atoms with E-state index in [9.17, 15) is 0 Å². The second kappa shape index (κ2) is 4.23. The quantitative estimate of drug-likeness (QED) is 0.833. The minimum atomic E-state index is 0.387. The molecule has 0 atom stereocenters. The molecule has 1 N–H and O–H groups in total. The van der Waals surface area contributed by atoms with Gasteiger partial charge in [0.2, 0.25) is 0 Å². The van der Waals surface area contributed by atoms with E-state index >= 15 is 0 Å². The summed E-state index contributed by atoms with van der Waals surface area (Å²) in [5, 5.41) is 7.75. The van der Waals surface area contributed by atoms with Gasteiger partial charge in [-0.2, -0.15) is 5.10 Å². The fraction of sp³-hybridized carbons (Fsp3) is 0.400. The Balaban J connectivity index is 2.07. The number of aromatic amines is 1. The number of hydrogen-bond donors (Lipinski definition) is 1. The number of rotatable bonds is 1. The lowest BCUT2D eigenvalue weighted by Gasteiger charge is -2.29. The van der Waals surface area contributed by atoms with E-state index < -0.39 is 0 Å². The molecule has 0 spiro atoms. The Kier molecular flexibility index (Phi) is 2.81. The van der Waals surface area contributed by atoms with Crippen LogP contribution >= 0.6 is 15.9 Å². The van der Waals surface area contributed by atoms with Crippen LogP contribution in [-0.2, 0) is 12.8 Å². The SMILES string of the molecule is CC1(C)CCc2[nH]nc(-c3cccc(Br)c3)c2C1. The van der Waals surface area contributed by atoms with Crippen LogP contribution in [0.3, 0.4) is 0 Å². The average molecular weight is 305 g/mol. The number of aromatic nitrogens is 2. The first-order valence-corrected chi connectivity index (χ1v) is 7.16. The third kappa shape index (κ3) is 2.12. The van der Waals surface area contributed by atoms with Crippen LogP contribution in [0.15, 0.2) is 28.7 Å². The van der Waals surface area contributed by atoms with E-state index in [1.807, 2.05) is 6.07 Å². The lowest BCUT2D eigenvalue weighted by molar-refractivity contribution is 0.314. The van der Waals surface area contributed by atoms with E-state index in [-0.39, 0.29) is 0 Å². The van der Waals surface area contributed by atoms with Crippen molar-refractivity contribution < 1.29 is 0 Å². The zero-order chi connectivity index (χ0) is 12.8. The second-order valence-corrected chi connectivity index (χ2v) is 6.80. The van der Waals surface area contributed by atoms with Crippen LogP contribution in [0.25, 0.3) is 11.3 Å². The standard InChI is InChI=1S/C15H17BrN2/c1-15(2)7-6-13-12(9-15)14(18-17-13)10-4-3-5-11(16)8-10/h3-5,8H,6-7,9H2,1-2H3,(H,17,18). The first kappa shape index (κ1) is 12.0. The Morgan fingerprint density at radius 3 is 2.94 bits per heavy atom.